The normalized spacial score (nSPS) is 12.0. The predicted octanol–water partition coefficient (Wildman–Crippen LogP) is 4.91. The van der Waals surface area contributed by atoms with Crippen molar-refractivity contribution in [2.75, 3.05) is 54.4 Å². The van der Waals surface area contributed by atoms with Gasteiger partial charge in [-0.05, 0) is 25.7 Å². The van der Waals surface area contributed by atoms with E-state index in [1.165, 1.54) is 0 Å². The SMILES string of the molecule is CCCN(CCC)P(=O)(C(Cl)=C(N(C)C)N(C)C)N(CCC)CCC. The van der Waals surface area contributed by atoms with Crippen LogP contribution in [-0.2, 0) is 4.57 Å². The van der Waals surface area contributed by atoms with Gasteiger partial charge < -0.3 is 9.80 Å². The molecule has 0 spiro atoms. The number of hydrogen-bond donors (Lipinski definition) is 0. The van der Waals surface area contributed by atoms with Crippen LogP contribution in [0.2, 0.25) is 0 Å². The first-order chi connectivity index (χ1) is 11.7. The lowest BCUT2D eigenvalue weighted by molar-refractivity contribution is 0.321. The lowest BCUT2D eigenvalue weighted by atomic mass is 10.4. The molecule has 5 nitrogen and oxygen atoms in total. The van der Waals surface area contributed by atoms with E-state index in [0.29, 0.717) is 4.77 Å². The van der Waals surface area contributed by atoms with E-state index in [1.54, 1.807) is 0 Å². The summed E-state index contributed by atoms with van der Waals surface area (Å²) in [5, 5.41) is 0. The molecule has 0 N–H and O–H groups in total. The monoisotopic (exact) mass is 394 g/mol. The van der Waals surface area contributed by atoms with Crippen LogP contribution >= 0.6 is 19.0 Å². The van der Waals surface area contributed by atoms with Gasteiger partial charge in [0, 0.05) is 54.4 Å². The molecule has 0 unspecified atom stereocenters. The highest BCUT2D eigenvalue weighted by Crippen LogP contribution is 2.63. The molecule has 0 saturated heterocycles. The third-order valence-electron chi connectivity index (χ3n) is 3.98. The molecule has 7 heteroatoms. The maximum Gasteiger partial charge on any atom is 0.260 e. The molecule has 0 aliphatic heterocycles. The Bertz CT molecular complexity index is 412. The Morgan fingerprint density at radius 1 is 0.720 bits per heavy atom. The second-order valence-corrected chi connectivity index (χ2v) is 10.2. The summed E-state index contributed by atoms with van der Waals surface area (Å²) < 4.78 is 19.3. The largest absolute Gasteiger partial charge is 0.363 e. The standard InChI is InChI=1S/C18H40ClN4OP/c1-9-13-22(14-10-2)25(24,23(15-11-3)16-12-4)17(19)18(20(5)6)21(7)8/h9-16H2,1-8H3. The molecule has 150 valence electrons. The van der Waals surface area contributed by atoms with E-state index in [0.717, 1.165) is 57.7 Å². The quantitative estimate of drug-likeness (QED) is 0.414. The Balaban J connectivity index is 6.45. The Morgan fingerprint density at radius 3 is 1.20 bits per heavy atom. The van der Waals surface area contributed by atoms with Crippen molar-refractivity contribution in [1.82, 2.24) is 19.1 Å². The summed E-state index contributed by atoms with van der Waals surface area (Å²) in [6, 6.07) is 0. The molecule has 0 rings (SSSR count). The fourth-order valence-electron chi connectivity index (χ4n) is 3.12. The second kappa shape index (κ2) is 12.2. The van der Waals surface area contributed by atoms with Crippen molar-refractivity contribution in [3.05, 3.63) is 10.6 Å². The van der Waals surface area contributed by atoms with Crippen molar-refractivity contribution in [3.63, 3.8) is 0 Å². The number of rotatable bonds is 13. The number of hydrogen-bond acceptors (Lipinski definition) is 3. The Labute approximate surface area is 161 Å². The summed E-state index contributed by atoms with van der Waals surface area (Å²) in [6.07, 6.45) is 3.83. The fourth-order valence-corrected chi connectivity index (χ4v) is 7.50. The van der Waals surface area contributed by atoms with Crippen LogP contribution < -0.4 is 0 Å². The maximum absolute atomic E-state index is 14.5. The van der Waals surface area contributed by atoms with Gasteiger partial charge in [-0.25, -0.2) is 9.34 Å². The zero-order valence-corrected chi connectivity index (χ0v) is 19.3. The van der Waals surface area contributed by atoms with Gasteiger partial charge in [0.1, 0.15) is 10.6 Å². The van der Waals surface area contributed by atoms with E-state index < -0.39 is 7.44 Å². The van der Waals surface area contributed by atoms with Gasteiger partial charge in [0.2, 0.25) is 0 Å². The first-order valence-corrected chi connectivity index (χ1v) is 11.6. The summed E-state index contributed by atoms with van der Waals surface area (Å²) in [5.41, 5.74) is 0. The van der Waals surface area contributed by atoms with Gasteiger partial charge in [-0.15, -0.1) is 0 Å². The van der Waals surface area contributed by atoms with Crippen LogP contribution in [0.5, 0.6) is 0 Å². The first-order valence-electron chi connectivity index (χ1n) is 9.57. The van der Waals surface area contributed by atoms with Crippen LogP contribution in [-0.4, -0.2) is 73.5 Å². The number of halogens is 1. The summed E-state index contributed by atoms with van der Waals surface area (Å²) >= 11 is 6.93. The summed E-state index contributed by atoms with van der Waals surface area (Å²) in [6.45, 7) is 11.7. The topological polar surface area (TPSA) is 30.0 Å². The average molecular weight is 395 g/mol. The molecule has 0 amide bonds. The molecular formula is C18H40ClN4OP. The third-order valence-corrected chi connectivity index (χ3v) is 7.86. The molecule has 0 aliphatic rings. The lowest BCUT2D eigenvalue weighted by Gasteiger charge is -2.41. The smallest absolute Gasteiger partial charge is 0.260 e. The molecule has 0 heterocycles. The molecule has 0 saturated carbocycles. The maximum atomic E-state index is 14.5. The Hall–Kier alpha value is -0.220. The van der Waals surface area contributed by atoms with E-state index >= 15 is 0 Å². The van der Waals surface area contributed by atoms with E-state index in [1.807, 2.05) is 38.0 Å². The summed E-state index contributed by atoms with van der Waals surface area (Å²) in [5.74, 6) is 0.819. The Kier molecular flexibility index (Phi) is 12.1. The molecular weight excluding hydrogens is 355 g/mol. The first kappa shape index (κ1) is 24.8. The Morgan fingerprint density at radius 2 is 1.00 bits per heavy atom. The molecule has 0 aromatic rings. The highest BCUT2D eigenvalue weighted by Gasteiger charge is 2.41. The van der Waals surface area contributed by atoms with Gasteiger partial charge in [0.25, 0.3) is 7.44 Å². The van der Waals surface area contributed by atoms with Crippen molar-refractivity contribution in [3.8, 4) is 0 Å². The zero-order chi connectivity index (χ0) is 19.6. The van der Waals surface area contributed by atoms with Gasteiger partial charge in [-0.2, -0.15) is 0 Å². The second-order valence-electron chi connectivity index (χ2n) is 6.85. The van der Waals surface area contributed by atoms with Crippen molar-refractivity contribution in [2.24, 2.45) is 0 Å². The highest BCUT2D eigenvalue weighted by atomic mass is 35.5. The molecule has 0 aromatic carbocycles. The van der Waals surface area contributed by atoms with Crippen LogP contribution in [0.25, 0.3) is 0 Å². The third kappa shape index (κ3) is 6.46. The van der Waals surface area contributed by atoms with Crippen molar-refractivity contribution in [1.29, 1.82) is 0 Å². The molecule has 0 radical (unpaired) electrons. The van der Waals surface area contributed by atoms with Crippen molar-refractivity contribution in [2.45, 2.75) is 53.4 Å². The number of nitrogens with zero attached hydrogens (tertiary/aromatic N) is 4. The molecule has 0 bridgehead atoms. The summed E-state index contributed by atoms with van der Waals surface area (Å²) in [7, 11) is 4.79. The lowest BCUT2D eigenvalue weighted by Crippen LogP contribution is -2.36. The van der Waals surface area contributed by atoms with Gasteiger partial charge in [0.05, 0.1) is 0 Å². The highest BCUT2D eigenvalue weighted by molar-refractivity contribution is 7.65. The van der Waals surface area contributed by atoms with E-state index in [2.05, 4.69) is 37.0 Å². The van der Waals surface area contributed by atoms with E-state index in [-0.39, 0.29) is 0 Å². The van der Waals surface area contributed by atoms with Crippen LogP contribution in [0, 0.1) is 0 Å². The van der Waals surface area contributed by atoms with Crippen LogP contribution in [0.15, 0.2) is 10.6 Å². The molecule has 0 fully saturated rings. The molecule has 0 aliphatic carbocycles. The minimum atomic E-state index is -3.03. The molecule has 25 heavy (non-hydrogen) atoms. The van der Waals surface area contributed by atoms with Crippen LogP contribution in [0.4, 0.5) is 0 Å². The van der Waals surface area contributed by atoms with Crippen molar-refractivity contribution >= 4 is 19.0 Å². The molecule has 0 aromatic heterocycles. The van der Waals surface area contributed by atoms with Crippen LogP contribution in [0.1, 0.15) is 53.4 Å². The summed E-state index contributed by atoms with van der Waals surface area (Å²) in [4.78, 5) is 3.92. The average Bonchev–Trinajstić information content (AvgIpc) is 2.53. The molecule has 0 atom stereocenters. The van der Waals surface area contributed by atoms with E-state index in [4.69, 9.17) is 11.6 Å². The van der Waals surface area contributed by atoms with Gasteiger partial charge >= 0.3 is 0 Å². The van der Waals surface area contributed by atoms with Gasteiger partial charge in [-0.1, -0.05) is 39.3 Å². The zero-order valence-electron chi connectivity index (χ0n) is 17.7. The minimum absolute atomic E-state index is 0.478. The van der Waals surface area contributed by atoms with E-state index in [9.17, 15) is 4.57 Å². The van der Waals surface area contributed by atoms with Gasteiger partial charge in [-0.3, -0.25) is 4.57 Å². The van der Waals surface area contributed by atoms with Crippen LogP contribution in [0.3, 0.4) is 0 Å². The fraction of sp³-hybridized carbons (Fsp3) is 0.889. The van der Waals surface area contributed by atoms with Crippen molar-refractivity contribution < 1.29 is 4.57 Å². The minimum Gasteiger partial charge on any atom is -0.363 e. The van der Waals surface area contributed by atoms with Gasteiger partial charge in [0.15, 0.2) is 0 Å². The predicted molar refractivity (Wildman–Crippen MR) is 112 cm³/mol.